The normalized spacial score (nSPS) is 14.2. The van der Waals surface area contributed by atoms with Crippen molar-refractivity contribution in [2.75, 3.05) is 7.11 Å². The van der Waals surface area contributed by atoms with Crippen LogP contribution in [-0.2, 0) is 4.74 Å². The molecule has 0 heterocycles. The van der Waals surface area contributed by atoms with E-state index in [1.165, 1.54) is 12.8 Å². The minimum absolute atomic E-state index is 0.204. The highest BCUT2D eigenvalue weighted by molar-refractivity contribution is 4.67. The average Bonchev–Trinajstić information content (AvgIpc) is 2.06. The van der Waals surface area contributed by atoms with E-state index < -0.39 is 0 Å². The Labute approximate surface area is 76.7 Å². The highest BCUT2D eigenvalue weighted by atomic mass is 16.5. The van der Waals surface area contributed by atoms with Gasteiger partial charge in [-0.3, -0.25) is 5.32 Å². The quantitative estimate of drug-likeness (QED) is 0.623. The van der Waals surface area contributed by atoms with E-state index in [1.54, 1.807) is 7.11 Å². The van der Waals surface area contributed by atoms with Crippen molar-refractivity contribution < 1.29 is 4.74 Å². The lowest BCUT2D eigenvalue weighted by Crippen LogP contribution is -2.42. The van der Waals surface area contributed by atoms with Gasteiger partial charge in [-0.05, 0) is 18.8 Å². The van der Waals surface area contributed by atoms with E-state index in [0.717, 1.165) is 0 Å². The standard InChI is InChI=1S/C10H23NO/c1-6-9(7-2)11-10(12-5)8(3)4/h8-11H,6-7H2,1-5H3. The predicted octanol–water partition coefficient (Wildman–Crippen LogP) is 2.39. The fraction of sp³-hybridized carbons (Fsp3) is 1.00. The van der Waals surface area contributed by atoms with Gasteiger partial charge in [0.25, 0.3) is 0 Å². The number of methoxy groups -OCH3 is 1. The van der Waals surface area contributed by atoms with Crippen LogP contribution in [0.2, 0.25) is 0 Å². The summed E-state index contributed by atoms with van der Waals surface area (Å²) < 4.78 is 5.33. The molecule has 0 amide bonds. The molecule has 0 fully saturated rings. The van der Waals surface area contributed by atoms with E-state index in [-0.39, 0.29) is 6.23 Å². The van der Waals surface area contributed by atoms with Crippen molar-refractivity contribution in [3.8, 4) is 0 Å². The molecule has 0 aromatic heterocycles. The van der Waals surface area contributed by atoms with Gasteiger partial charge in [0.05, 0.1) is 0 Å². The van der Waals surface area contributed by atoms with Gasteiger partial charge in [0.15, 0.2) is 0 Å². The molecule has 0 rings (SSSR count). The molecular weight excluding hydrogens is 150 g/mol. The summed E-state index contributed by atoms with van der Waals surface area (Å²) in [4.78, 5) is 0. The molecule has 0 aromatic carbocycles. The molecule has 0 saturated carbocycles. The van der Waals surface area contributed by atoms with Crippen molar-refractivity contribution >= 4 is 0 Å². The maximum atomic E-state index is 5.33. The SMILES string of the molecule is CCC(CC)NC(OC)C(C)C. The van der Waals surface area contributed by atoms with Crippen LogP contribution in [0.15, 0.2) is 0 Å². The van der Waals surface area contributed by atoms with Gasteiger partial charge in [0.2, 0.25) is 0 Å². The zero-order chi connectivity index (χ0) is 9.56. The molecule has 0 saturated heterocycles. The van der Waals surface area contributed by atoms with E-state index >= 15 is 0 Å². The number of hydrogen-bond acceptors (Lipinski definition) is 2. The zero-order valence-corrected chi connectivity index (χ0v) is 9.05. The van der Waals surface area contributed by atoms with Crippen molar-refractivity contribution in [3.05, 3.63) is 0 Å². The molecule has 0 aromatic rings. The predicted molar refractivity (Wildman–Crippen MR) is 53.1 cm³/mol. The molecule has 0 aliphatic carbocycles. The van der Waals surface area contributed by atoms with E-state index in [4.69, 9.17) is 4.74 Å². The Morgan fingerprint density at radius 3 is 1.92 bits per heavy atom. The third-order valence-electron chi connectivity index (χ3n) is 2.25. The summed E-state index contributed by atoms with van der Waals surface area (Å²) in [6.07, 6.45) is 2.54. The van der Waals surface area contributed by atoms with Crippen LogP contribution in [0.25, 0.3) is 0 Å². The third-order valence-corrected chi connectivity index (χ3v) is 2.25. The number of rotatable bonds is 6. The summed E-state index contributed by atoms with van der Waals surface area (Å²) in [5.41, 5.74) is 0. The first-order chi connectivity index (χ1) is 5.65. The summed E-state index contributed by atoms with van der Waals surface area (Å²) in [6, 6.07) is 0.595. The number of nitrogens with one attached hydrogen (secondary N) is 1. The molecule has 2 nitrogen and oxygen atoms in total. The largest absolute Gasteiger partial charge is 0.366 e. The van der Waals surface area contributed by atoms with Gasteiger partial charge in [0.1, 0.15) is 6.23 Å². The van der Waals surface area contributed by atoms with Crippen molar-refractivity contribution in [1.82, 2.24) is 5.32 Å². The van der Waals surface area contributed by atoms with Gasteiger partial charge in [-0.15, -0.1) is 0 Å². The van der Waals surface area contributed by atoms with Gasteiger partial charge in [-0.25, -0.2) is 0 Å². The summed E-state index contributed by atoms with van der Waals surface area (Å²) in [5.74, 6) is 0.538. The first-order valence-corrected chi connectivity index (χ1v) is 4.94. The van der Waals surface area contributed by atoms with Gasteiger partial charge >= 0.3 is 0 Å². The second kappa shape index (κ2) is 6.44. The zero-order valence-electron chi connectivity index (χ0n) is 9.05. The molecule has 1 atom stereocenters. The first-order valence-electron chi connectivity index (χ1n) is 4.94. The molecule has 0 aliphatic rings. The van der Waals surface area contributed by atoms with Gasteiger partial charge < -0.3 is 4.74 Å². The lowest BCUT2D eigenvalue weighted by Gasteiger charge is -2.25. The highest BCUT2D eigenvalue weighted by Crippen LogP contribution is 2.06. The van der Waals surface area contributed by atoms with Gasteiger partial charge in [-0.2, -0.15) is 0 Å². The summed E-state index contributed by atoms with van der Waals surface area (Å²) >= 11 is 0. The summed E-state index contributed by atoms with van der Waals surface area (Å²) in [5, 5.41) is 3.48. The third kappa shape index (κ3) is 4.07. The minimum atomic E-state index is 0.204. The molecule has 2 heteroatoms. The van der Waals surface area contributed by atoms with Crippen LogP contribution in [-0.4, -0.2) is 19.4 Å². The molecule has 0 spiro atoms. The molecule has 0 aliphatic heterocycles. The van der Waals surface area contributed by atoms with E-state index in [9.17, 15) is 0 Å². The van der Waals surface area contributed by atoms with Crippen molar-refractivity contribution in [2.24, 2.45) is 5.92 Å². The lowest BCUT2D eigenvalue weighted by atomic mass is 10.1. The number of hydrogen-bond donors (Lipinski definition) is 1. The number of ether oxygens (including phenoxy) is 1. The molecule has 1 N–H and O–H groups in total. The maximum absolute atomic E-state index is 5.33. The van der Waals surface area contributed by atoms with E-state index in [1.807, 2.05) is 0 Å². The smallest absolute Gasteiger partial charge is 0.110 e. The fourth-order valence-corrected chi connectivity index (χ4v) is 1.29. The average molecular weight is 173 g/mol. The fourth-order valence-electron chi connectivity index (χ4n) is 1.29. The topological polar surface area (TPSA) is 21.3 Å². The minimum Gasteiger partial charge on any atom is -0.366 e. The maximum Gasteiger partial charge on any atom is 0.110 e. The van der Waals surface area contributed by atoms with Gasteiger partial charge in [0, 0.05) is 13.2 Å². The van der Waals surface area contributed by atoms with E-state index in [2.05, 4.69) is 33.0 Å². The van der Waals surface area contributed by atoms with Crippen LogP contribution in [0.3, 0.4) is 0 Å². The molecule has 1 unspecified atom stereocenters. The van der Waals surface area contributed by atoms with Gasteiger partial charge in [-0.1, -0.05) is 27.7 Å². The first kappa shape index (κ1) is 11.9. The molecular formula is C10H23NO. The summed E-state index contributed by atoms with van der Waals surface area (Å²) in [7, 11) is 1.76. The van der Waals surface area contributed by atoms with Crippen LogP contribution in [0.1, 0.15) is 40.5 Å². The van der Waals surface area contributed by atoms with E-state index in [0.29, 0.717) is 12.0 Å². The van der Waals surface area contributed by atoms with Crippen molar-refractivity contribution in [3.63, 3.8) is 0 Å². The van der Waals surface area contributed by atoms with Crippen LogP contribution in [0.5, 0.6) is 0 Å². The van der Waals surface area contributed by atoms with Crippen LogP contribution >= 0.6 is 0 Å². The Bertz CT molecular complexity index is 100. The second-order valence-corrected chi connectivity index (χ2v) is 3.58. The Balaban J connectivity index is 3.82. The Kier molecular flexibility index (Phi) is 6.39. The Morgan fingerprint density at radius 2 is 1.67 bits per heavy atom. The van der Waals surface area contributed by atoms with Crippen LogP contribution in [0.4, 0.5) is 0 Å². The second-order valence-electron chi connectivity index (χ2n) is 3.58. The Morgan fingerprint density at radius 1 is 1.17 bits per heavy atom. The molecule has 12 heavy (non-hydrogen) atoms. The Hall–Kier alpha value is -0.0800. The van der Waals surface area contributed by atoms with Crippen molar-refractivity contribution in [2.45, 2.75) is 52.8 Å². The van der Waals surface area contributed by atoms with Crippen LogP contribution < -0.4 is 5.32 Å². The summed E-state index contributed by atoms with van der Waals surface area (Å²) in [6.45, 7) is 8.75. The molecule has 74 valence electrons. The monoisotopic (exact) mass is 173 g/mol. The van der Waals surface area contributed by atoms with Crippen LogP contribution in [0, 0.1) is 5.92 Å². The molecule has 0 radical (unpaired) electrons. The highest BCUT2D eigenvalue weighted by Gasteiger charge is 2.14. The molecule has 0 bridgehead atoms. The van der Waals surface area contributed by atoms with Crippen molar-refractivity contribution in [1.29, 1.82) is 0 Å². The lowest BCUT2D eigenvalue weighted by molar-refractivity contribution is 0.0268.